The van der Waals surface area contributed by atoms with Crippen LogP contribution in [0.5, 0.6) is 11.5 Å². The second-order valence-electron chi connectivity index (χ2n) is 13.5. The number of aliphatic hydroxyl groups is 1. The number of ketones is 1. The maximum Gasteiger partial charge on any atom is 0.411 e. The largest absolute Gasteiger partial charge is 0.493 e. The fourth-order valence-electron chi connectivity index (χ4n) is 5.48. The number of aromatic nitrogens is 1. The number of hydrogen-bond acceptors (Lipinski definition) is 7. The van der Waals surface area contributed by atoms with E-state index >= 15 is 0 Å². The fourth-order valence-corrected chi connectivity index (χ4v) is 5.66. The predicted octanol–water partition coefficient (Wildman–Crippen LogP) is 7.95. The Hall–Kier alpha value is -3.69. The van der Waals surface area contributed by atoms with Gasteiger partial charge in [0.2, 0.25) is 0 Å². The van der Waals surface area contributed by atoms with Gasteiger partial charge in [0.25, 0.3) is 0 Å². The molecule has 0 radical (unpaired) electrons. The van der Waals surface area contributed by atoms with E-state index in [-0.39, 0.29) is 36.3 Å². The van der Waals surface area contributed by atoms with Crippen LogP contribution in [0.2, 0.25) is 5.02 Å². The second-order valence-corrected chi connectivity index (χ2v) is 13.9. The summed E-state index contributed by atoms with van der Waals surface area (Å²) in [5.74, 6) is 0.342. The molecule has 10 heteroatoms. The Labute approximate surface area is 268 Å². The Morgan fingerprint density at radius 3 is 2.42 bits per heavy atom. The van der Waals surface area contributed by atoms with Gasteiger partial charge in [-0.3, -0.25) is 9.69 Å². The van der Waals surface area contributed by atoms with E-state index in [1.807, 2.05) is 13.8 Å². The van der Waals surface area contributed by atoms with E-state index in [0.717, 1.165) is 24.0 Å². The monoisotopic (exact) mass is 638 g/mol. The van der Waals surface area contributed by atoms with Gasteiger partial charge in [-0.15, -0.1) is 0 Å². The number of carbonyl (C=O) groups excluding carboxylic acids is 2. The van der Waals surface area contributed by atoms with E-state index in [1.54, 1.807) is 62.9 Å². The number of halogens is 2. The lowest BCUT2D eigenvalue weighted by molar-refractivity contribution is 0.00514. The third-order valence-corrected chi connectivity index (χ3v) is 8.57. The van der Waals surface area contributed by atoms with E-state index in [0.29, 0.717) is 34.0 Å². The summed E-state index contributed by atoms with van der Waals surface area (Å²) in [6, 6.07) is 11.2. The third-order valence-electron chi connectivity index (χ3n) is 8.28. The Balaban J connectivity index is 1.47. The molecule has 45 heavy (non-hydrogen) atoms. The van der Waals surface area contributed by atoms with Crippen molar-refractivity contribution in [3.63, 3.8) is 0 Å². The van der Waals surface area contributed by atoms with Gasteiger partial charge in [0.1, 0.15) is 17.0 Å². The molecule has 0 spiro atoms. The van der Waals surface area contributed by atoms with Crippen LogP contribution in [0.15, 0.2) is 42.5 Å². The van der Waals surface area contributed by atoms with Crippen LogP contribution < -0.4 is 9.47 Å². The van der Waals surface area contributed by atoms with Crippen molar-refractivity contribution in [1.29, 1.82) is 0 Å². The molecule has 0 saturated heterocycles. The molecule has 8 nitrogen and oxygen atoms in total. The zero-order valence-electron chi connectivity index (χ0n) is 26.8. The lowest BCUT2D eigenvalue weighted by atomic mass is 9.86. The van der Waals surface area contributed by atoms with Crippen molar-refractivity contribution in [2.24, 2.45) is 0 Å². The number of Topliss-reactive ketones (excluding diaryl/α,β-unsaturated/α-hetero) is 1. The van der Waals surface area contributed by atoms with Gasteiger partial charge in [0, 0.05) is 23.1 Å². The summed E-state index contributed by atoms with van der Waals surface area (Å²) in [6.45, 7) is 11.0. The first-order valence-corrected chi connectivity index (χ1v) is 15.5. The van der Waals surface area contributed by atoms with Crippen LogP contribution in [0.25, 0.3) is 11.3 Å². The van der Waals surface area contributed by atoms with Gasteiger partial charge in [-0.05, 0) is 109 Å². The smallest absolute Gasteiger partial charge is 0.411 e. The van der Waals surface area contributed by atoms with Gasteiger partial charge in [-0.1, -0.05) is 11.6 Å². The highest BCUT2D eigenvalue weighted by Crippen LogP contribution is 2.45. The first-order chi connectivity index (χ1) is 21.0. The van der Waals surface area contributed by atoms with Crippen molar-refractivity contribution < 1.29 is 33.3 Å². The molecule has 1 aromatic heterocycles. The number of pyridine rings is 1. The van der Waals surface area contributed by atoms with Gasteiger partial charge >= 0.3 is 6.09 Å². The predicted molar refractivity (Wildman–Crippen MR) is 169 cm³/mol. The maximum absolute atomic E-state index is 14.1. The van der Waals surface area contributed by atoms with Crippen molar-refractivity contribution >= 4 is 23.5 Å². The van der Waals surface area contributed by atoms with Crippen LogP contribution in [0.3, 0.4) is 0 Å². The van der Waals surface area contributed by atoms with Crippen LogP contribution >= 0.6 is 11.6 Å². The molecular formula is C35H40ClFN2O6. The first kappa shape index (κ1) is 32.7. The molecular weight excluding hydrogens is 599 g/mol. The van der Waals surface area contributed by atoms with Crippen molar-refractivity contribution in [3.05, 3.63) is 75.7 Å². The zero-order chi connectivity index (χ0) is 32.9. The minimum atomic E-state index is -1.53. The van der Waals surface area contributed by atoms with Crippen LogP contribution in [0, 0.1) is 5.82 Å². The average molecular weight is 639 g/mol. The number of benzene rings is 2. The van der Waals surface area contributed by atoms with Crippen LogP contribution in [0.1, 0.15) is 94.4 Å². The van der Waals surface area contributed by atoms with Gasteiger partial charge in [0.15, 0.2) is 17.3 Å². The molecule has 0 bridgehead atoms. The average Bonchev–Trinajstić information content (AvgIpc) is 3.74. The highest BCUT2D eigenvalue weighted by atomic mass is 35.5. The number of carbonyl (C=O) groups is 2. The molecule has 5 rings (SSSR count). The molecule has 3 aromatic rings. The lowest BCUT2D eigenvalue weighted by Crippen LogP contribution is -2.43. The number of nitrogens with zero attached hydrogens (tertiary/aromatic N) is 2. The summed E-state index contributed by atoms with van der Waals surface area (Å²) in [5.41, 5.74) is 0.195. The van der Waals surface area contributed by atoms with E-state index < -0.39 is 28.7 Å². The van der Waals surface area contributed by atoms with Crippen LogP contribution in [0.4, 0.5) is 9.18 Å². The summed E-state index contributed by atoms with van der Waals surface area (Å²) in [6.07, 6.45) is 1.80. The topological polar surface area (TPSA) is 98.2 Å². The molecule has 1 saturated carbocycles. The molecule has 2 heterocycles. The molecule has 1 amide bonds. The van der Waals surface area contributed by atoms with Crippen molar-refractivity contribution in [2.75, 3.05) is 7.11 Å². The van der Waals surface area contributed by atoms with E-state index in [4.69, 9.17) is 30.8 Å². The van der Waals surface area contributed by atoms with Gasteiger partial charge in [0.05, 0.1) is 41.7 Å². The van der Waals surface area contributed by atoms with E-state index in [2.05, 4.69) is 0 Å². The van der Waals surface area contributed by atoms with Crippen molar-refractivity contribution in [2.45, 2.75) is 96.6 Å². The number of rotatable bonds is 9. The van der Waals surface area contributed by atoms with Crippen molar-refractivity contribution in [1.82, 2.24) is 9.88 Å². The van der Waals surface area contributed by atoms with E-state index in [1.165, 1.54) is 19.2 Å². The molecule has 2 aromatic carbocycles. The number of hydrogen-bond donors (Lipinski definition) is 1. The molecule has 1 aliphatic heterocycles. The summed E-state index contributed by atoms with van der Waals surface area (Å²) in [7, 11) is 1.53. The molecule has 240 valence electrons. The normalized spacial score (nSPS) is 17.0. The first-order valence-electron chi connectivity index (χ1n) is 15.1. The summed E-state index contributed by atoms with van der Waals surface area (Å²) < 4.78 is 31.2. The molecule has 1 unspecified atom stereocenters. The van der Waals surface area contributed by atoms with Gasteiger partial charge in [-0.25, -0.2) is 14.2 Å². The molecule has 2 aliphatic rings. The summed E-state index contributed by atoms with van der Waals surface area (Å²) in [4.78, 5) is 33.1. The standard InChI is InChI=1S/C35H40ClFN2O6/c1-33(2,3)45-32(41)39-19-23-24(34(39,4)5)18-30(38-31(23)21-8-12-26(37)25(36)16-21)35(6,42)15-14-27(40)20-9-13-28(29(17-20)43-7)44-22-10-11-22/h8-9,12-13,16-18,22,42H,10-11,14-15,19H2,1-7H3. The lowest BCUT2D eigenvalue weighted by Gasteiger charge is -2.34. The molecule has 1 N–H and O–H groups in total. The Kier molecular flexibility index (Phi) is 8.66. The minimum Gasteiger partial charge on any atom is -0.493 e. The molecule has 1 fully saturated rings. The quantitative estimate of drug-likeness (QED) is 0.238. The minimum absolute atomic E-state index is 0.0306. The Morgan fingerprint density at radius 2 is 1.80 bits per heavy atom. The number of amides is 1. The van der Waals surface area contributed by atoms with Crippen LogP contribution in [-0.4, -0.2) is 45.7 Å². The van der Waals surface area contributed by atoms with Gasteiger partial charge < -0.3 is 19.3 Å². The van der Waals surface area contributed by atoms with E-state index in [9.17, 15) is 19.1 Å². The number of methoxy groups -OCH3 is 1. The highest BCUT2D eigenvalue weighted by Gasteiger charge is 2.45. The number of fused-ring (bicyclic) bond motifs is 1. The summed E-state index contributed by atoms with van der Waals surface area (Å²) in [5, 5.41) is 11.7. The molecule has 1 aliphatic carbocycles. The van der Waals surface area contributed by atoms with Gasteiger partial charge in [-0.2, -0.15) is 0 Å². The maximum atomic E-state index is 14.1. The highest BCUT2D eigenvalue weighted by molar-refractivity contribution is 6.31. The molecule has 1 atom stereocenters. The SMILES string of the molecule is COc1cc(C(=O)CCC(C)(O)c2cc3c(c(-c4ccc(F)c(Cl)c4)n2)CN(C(=O)OC(C)(C)C)C3(C)C)ccc1OC1CC1. The number of ether oxygens (including phenoxy) is 3. The Morgan fingerprint density at radius 1 is 1.09 bits per heavy atom. The fraction of sp³-hybridized carbons (Fsp3) is 0.457. The third kappa shape index (κ3) is 6.94. The van der Waals surface area contributed by atoms with Crippen LogP contribution in [-0.2, 0) is 22.4 Å². The van der Waals surface area contributed by atoms with Crippen molar-refractivity contribution in [3.8, 4) is 22.8 Å². The summed E-state index contributed by atoms with van der Waals surface area (Å²) >= 11 is 6.16. The second kappa shape index (κ2) is 11.9. The Bertz CT molecular complexity index is 1640. The zero-order valence-corrected chi connectivity index (χ0v) is 27.5.